The third-order valence-corrected chi connectivity index (χ3v) is 3.89. The lowest BCUT2D eigenvalue weighted by molar-refractivity contribution is -0.889. The maximum atomic E-state index is 10.1. The van der Waals surface area contributed by atoms with E-state index in [0.29, 0.717) is 0 Å². The Hall–Kier alpha value is 0.390. The average molecular weight is 309 g/mol. The van der Waals surface area contributed by atoms with Crippen molar-refractivity contribution in [2.24, 2.45) is 0 Å². The normalized spacial score (nSPS) is 35.7. The monoisotopic (exact) mass is 309 g/mol. The van der Waals surface area contributed by atoms with Gasteiger partial charge in [0.2, 0.25) is 0 Å². The van der Waals surface area contributed by atoms with Crippen LogP contribution >= 0.6 is 0 Å². The number of aliphatic hydroxyl groups is 1. The Balaban J connectivity index is 0.000000980. The molecule has 0 bridgehead atoms. The van der Waals surface area contributed by atoms with Crippen LogP contribution in [0.5, 0.6) is 0 Å². The van der Waals surface area contributed by atoms with E-state index in [2.05, 4.69) is 6.58 Å². The third kappa shape index (κ3) is 1.86. The van der Waals surface area contributed by atoms with Crippen LogP contribution in [0.3, 0.4) is 0 Å². The summed E-state index contributed by atoms with van der Waals surface area (Å²) in [4.78, 5) is 0. The Labute approximate surface area is 104 Å². The number of rotatable bonds is 0. The SMILES string of the molecule is C=C1C(C)(O)CC[N+]12CCCCC2.[I-]. The summed E-state index contributed by atoms with van der Waals surface area (Å²) >= 11 is 0. The van der Waals surface area contributed by atoms with Gasteiger partial charge in [0.15, 0.2) is 0 Å². The summed E-state index contributed by atoms with van der Waals surface area (Å²) in [5.41, 5.74) is 0.462. The Bertz CT molecular complexity index is 231. The molecule has 2 rings (SSSR count). The highest BCUT2D eigenvalue weighted by atomic mass is 127. The molecule has 2 aliphatic heterocycles. The van der Waals surface area contributed by atoms with Gasteiger partial charge in [0, 0.05) is 6.42 Å². The molecule has 1 atom stereocenters. The zero-order chi connectivity index (χ0) is 9.53. The molecule has 1 spiro atoms. The first-order chi connectivity index (χ1) is 6.07. The minimum Gasteiger partial charge on any atom is -1.00 e. The summed E-state index contributed by atoms with van der Waals surface area (Å²) in [5, 5.41) is 10.1. The Morgan fingerprint density at radius 3 is 2.21 bits per heavy atom. The summed E-state index contributed by atoms with van der Waals surface area (Å²) in [5.74, 6) is 0. The fourth-order valence-corrected chi connectivity index (χ4v) is 2.83. The van der Waals surface area contributed by atoms with E-state index in [1.165, 1.54) is 32.4 Å². The highest BCUT2D eigenvalue weighted by Gasteiger charge is 2.49. The topological polar surface area (TPSA) is 20.2 Å². The fraction of sp³-hybridized carbons (Fsp3) is 0.818. The van der Waals surface area contributed by atoms with Crippen LogP contribution in [-0.4, -0.2) is 34.8 Å². The number of nitrogens with zero attached hydrogens (tertiary/aromatic N) is 1. The molecule has 0 radical (unpaired) electrons. The maximum Gasteiger partial charge on any atom is 0.140 e. The molecular formula is C11H20INO. The lowest BCUT2D eigenvalue weighted by atomic mass is 10.0. The van der Waals surface area contributed by atoms with Gasteiger partial charge in [0.25, 0.3) is 0 Å². The van der Waals surface area contributed by atoms with E-state index >= 15 is 0 Å². The predicted octanol–water partition coefficient (Wildman–Crippen LogP) is -1.34. The molecule has 0 aliphatic carbocycles. The van der Waals surface area contributed by atoms with Gasteiger partial charge in [-0.1, -0.05) is 0 Å². The van der Waals surface area contributed by atoms with Gasteiger partial charge in [-0.25, -0.2) is 0 Å². The van der Waals surface area contributed by atoms with Crippen molar-refractivity contribution in [3.8, 4) is 0 Å². The quantitative estimate of drug-likeness (QED) is 0.434. The van der Waals surface area contributed by atoms with Gasteiger partial charge in [-0.3, -0.25) is 4.48 Å². The average Bonchev–Trinajstić information content (AvgIpc) is 2.33. The van der Waals surface area contributed by atoms with Crippen molar-refractivity contribution in [1.82, 2.24) is 0 Å². The molecule has 0 aromatic rings. The molecule has 14 heavy (non-hydrogen) atoms. The van der Waals surface area contributed by atoms with Gasteiger partial charge in [-0.2, -0.15) is 0 Å². The minimum absolute atomic E-state index is 0. The standard InChI is InChI=1S/C11H20NO.HI/c1-10-11(2,13)6-9-12(10)7-4-3-5-8-12;/h13H,1,3-9H2,2H3;1H/q+1;/p-1. The highest BCUT2D eigenvalue weighted by Crippen LogP contribution is 2.39. The molecule has 0 amide bonds. The van der Waals surface area contributed by atoms with E-state index in [-0.39, 0.29) is 24.0 Å². The van der Waals surface area contributed by atoms with Crippen LogP contribution in [0.15, 0.2) is 12.3 Å². The smallest absolute Gasteiger partial charge is 0.140 e. The number of quaternary nitrogens is 1. The molecule has 2 heterocycles. The van der Waals surface area contributed by atoms with Crippen molar-refractivity contribution in [1.29, 1.82) is 0 Å². The highest BCUT2D eigenvalue weighted by molar-refractivity contribution is 5.08. The van der Waals surface area contributed by atoms with E-state index in [9.17, 15) is 5.11 Å². The lowest BCUT2D eigenvalue weighted by Crippen LogP contribution is -3.00. The van der Waals surface area contributed by atoms with Gasteiger partial charge in [-0.15, -0.1) is 0 Å². The molecular weight excluding hydrogens is 289 g/mol. The second-order valence-corrected chi connectivity index (χ2v) is 4.85. The predicted molar refractivity (Wildman–Crippen MR) is 53.1 cm³/mol. The van der Waals surface area contributed by atoms with Crippen molar-refractivity contribution in [3.63, 3.8) is 0 Å². The van der Waals surface area contributed by atoms with Crippen molar-refractivity contribution in [3.05, 3.63) is 12.3 Å². The first-order valence-corrected chi connectivity index (χ1v) is 5.35. The Morgan fingerprint density at radius 2 is 1.79 bits per heavy atom. The van der Waals surface area contributed by atoms with Crippen molar-refractivity contribution in [2.75, 3.05) is 19.6 Å². The van der Waals surface area contributed by atoms with E-state index < -0.39 is 5.60 Å². The van der Waals surface area contributed by atoms with E-state index in [4.69, 9.17) is 0 Å². The number of hydrogen-bond acceptors (Lipinski definition) is 1. The molecule has 2 aliphatic rings. The van der Waals surface area contributed by atoms with Gasteiger partial charge in [0.1, 0.15) is 11.3 Å². The molecule has 2 saturated heterocycles. The van der Waals surface area contributed by atoms with Gasteiger partial charge in [-0.05, 0) is 32.8 Å². The molecule has 0 aromatic carbocycles. The van der Waals surface area contributed by atoms with Crippen LogP contribution in [0.1, 0.15) is 32.6 Å². The second kappa shape index (κ2) is 4.10. The van der Waals surface area contributed by atoms with Crippen LogP contribution in [0, 0.1) is 0 Å². The zero-order valence-corrected chi connectivity index (χ0v) is 11.1. The van der Waals surface area contributed by atoms with Crippen molar-refractivity contribution >= 4 is 0 Å². The molecule has 1 unspecified atom stereocenters. The van der Waals surface area contributed by atoms with E-state index in [1.54, 1.807) is 0 Å². The van der Waals surface area contributed by atoms with Gasteiger partial charge < -0.3 is 29.1 Å². The van der Waals surface area contributed by atoms with Crippen molar-refractivity contribution in [2.45, 2.75) is 38.2 Å². The van der Waals surface area contributed by atoms with Crippen LogP contribution in [0.4, 0.5) is 0 Å². The lowest BCUT2D eigenvalue weighted by Gasteiger charge is -2.39. The molecule has 2 nitrogen and oxygen atoms in total. The first-order valence-electron chi connectivity index (χ1n) is 5.35. The van der Waals surface area contributed by atoms with Crippen LogP contribution in [0.25, 0.3) is 0 Å². The van der Waals surface area contributed by atoms with Crippen LogP contribution in [-0.2, 0) is 0 Å². The molecule has 0 saturated carbocycles. The number of hydrogen-bond donors (Lipinski definition) is 1. The number of halogens is 1. The fourth-order valence-electron chi connectivity index (χ4n) is 2.83. The van der Waals surface area contributed by atoms with Gasteiger partial charge >= 0.3 is 0 Å². The summed E-state index contributed by atoms with van der Waals surface area (Å²) in [6, 6.07) is 0. The van der Waals surface area contributed by atoms with Crippen LogP contribution < -0.4 is 24.0 Å². The largest absolute Gasteiger partial charge is 1.00 e. The first kappa shape index (κ1) is 12.5. The number of piperidine rings is 1. The molecule has 1 N–H and O–H groups in total. The third-order valence-electron chi connectivity index (χ3n) is 3.89. The van der Waals surface area contributed by atoms with Crippen LogP contribution in [0.2, 0.25) is 0 Å². The van der Waals surface area contributed by atoms with Crippen molar-refractivity contribution < 1.29 is 33.6 Å². The molecule has 3 heteroatoms. The molecule has 82 valence electrons. The zero-order valence-electron chi connectivity index (χ0n) is 8.93. The van der Waals surface area contributed by atoms with E-state index in [0.717, 1.165) is 23.1 Å². The summed E-state index contributed by atoms with van der Waals surface area (Å²) < 4.78 is 1.01. The molecule has 2 fully saturated rings. The summed E-state index contributed by atoms with van der Waals surface area (Å²) in [6.07, 6.45) is 4.85. The Kier molecular flexibility index (Phi) is 3.65. The second-order valence-electron chi connectivity index (χ2n) is 4.85. The molecule has 0 aromatic heterocycles. The maximum absolute atomic E-state index is 10.1. The summed E-state index contributed by atoms with van der Waals surface area (Å²) in [6.45, 7) is 9.53. The summed E-state index contributed by atoms with van der Waals surface area (Å²) in [7, 11) is 0. The van der Waals surface area contributed by atoms with Gasteiger partial charge in [0.05, 0.1) is 19.6 Å². The Morgan fingerprint density at radius 1 is 1.21 bits per heavy atom. The minimum atomic E-state index is -0.600. The van der Waals surface area contributed by atoms with E-state index in [1.807, 2.05) is 6.92 Å².